The summed E-state index contributed by atoms with van der Waals surface area (Å²) in [6, 6.07) is 9.30. The minimum absolute atomic E-state index is 0.130. The number of morpholine rings is 1. The van der Waals surface area contributed by atoms with Crippen LogP contribution in [0.4, 0.5) is 4.39 Å². The molecular formula is C22H25FN4O4S2. The largest absolute Gasteiger partial charge is 0.379 e. The van der Waals surface area contributed by atoms with Crippen molar-refractivity contribution in [2.75, 3.05) is 26.3 Å². The van der Waals surface area contributed by atoms with Crippen molar-refractivity contribution in [2.45, 2.75) is 31.3 Å². The highest BCUT2D eigenvalue weighted by molar-refractivity contribution is 7.89. The van der Waals surface area contributed by atoms with Crippen LogP contribution in [0.2, 0.25) is 0 Å². The summed E-state index contributed by atoms with van der Waals surface area (Å²) in [6.07, 6.45) is 0. The smallest absolute Gasteiger partial charge is 0.246 e. The molecule has 1 amide bonds. The van der Waals surface area contributed by atoms with Crippen LogP contribution in [0.15, 0.2) is 46.7 Å². The average molecular weight is 493 g/mol. The number of benzene rings is 1. The number of nitrogens with zero attached hydrogens (tertiary/aromatic N) is 3. The molecule has 0 saturated carbocycles. The second-order valence-corrected chi connectivity index (χ2v) is 10.6. The number of halogens is 1. The zero-order chi connectivity index (χ0) is 23.6. The van der Waals surface area contributed by atoms with E-state index in [0.29, 0.717) is 24.6 Å². The van der Waals surface area contributed by atoms with Gasteiger partial charge in [-0.25, -0.2) is 12.8 Å². The van der Waals surface area contributed by atoms with Crippen molar-refractivity contribution in [3.63, 3.8) is 0 Å². The minimum atomic E-state index is -3.74. The van der Waals surface area contributed by atoms with Gasteiger partial charge in [0.15, 0.2) is 0 Å². The Morgan fingerprint density at radius 1 is 1.21 bits per heavy atom. The van der Waals surface area contributed by atoms with Crippen LogP contribution in [-0.2, 0) is 26.1 Å². The highest BCUT2D eigenvalue weighted by Gasteiger charge is 2.32. The SMILES string of the molecule is Cc1nn(CC(=O)N[C@@H](c2ccc(F)cc2)c2cccs2)c(C)c1S(=O)(=O)N1CCOCC1. The van der Waals surface area contributed by atoms with Crippen LogP contribution in [0.25, 0.3) is 0 Å². The molecule has 2 aromatic heterocycles. The predicted molar refractivity (Wildman–Crippen MR) is 122 cm³/mol. The van der Waals surface area contributed by atoms with E-state index in [1.165, 1.54) is 32.5 Å². The number of carbonyl (C=O) groups excluding carboxylic acids is 1. The Morgan fingerprint density at radius 3 is 2.55 bits per heavy atom. The number of thiophene rings is 1. The number of sulfonamides is 1. The van der Waals surface area contributed by atoms with Crippen LogP contribution in [0.3, 0.4) is 0 Å². The molecule has 0 unspecified atom stereocenters. The van der Waals surface area contributed by atoms with E-state index in [1.54, 1.807) is 26.0 Å². The number of nitrogens with one attached hydrogen (secondary N) is 1. The number of amides is 1. The zero-order valence-corrected chi connectivity index (χ0v) is 20.0. The molecule has 176 valence electrons. The van der Waals surface area contributed by atoms with E-state index in [1.807, 2.05) is 17.5 Å². The van der Waals surface area contributed by atoms with Crippen molar-refractivity contribution in [1.82, 2.24) is 19.4 Å². The molecule has 0 radical (unpaired) electrons. The molecular weight excluding hydrogens is 467 g/mol. The van der Waals surface area contributed by atoms with E-state index in [4.69, 9.17) is 4.74 Å². The maximum absolute atomic E-state index is 13.4. The standard InChI is InChI=1S/C22H25FN4O4S2/c1-15-22(33(29,30)26-9-11-31-12-10-26)16(2)27(25-15)14-20(28)24-21(19-4-3-13-32-19)17-5-7-18(23)8-6-17/h3-8,13,21H,9-12,14H2,1-2H3,(H,24,28)/t21-/m0/s1. The molecule has 33 heavy (non-hydrogen) atoms. The Morgan fingerprint density at radius 2 is 1.91 bits per heavy atom. The van der Waals surface area contributed by atoms with Crippen molar-refractivity contribution in [2.24, 2.45) is 0 Å². The Balaban J connectivity index is 1.55. The third-order valence-electron chi connectivity index (χ3n) is 5.51. The van der Waals surface area contributed by atoms with Crippen LogP contribution in [0.1, 0.15) is 27.9 Å². The number of aromatic nitrogens is 2. The van der Waals surface area contributed by atoms with Crippen molar-refractivity contribution in [3.8, 4) is 0 Å². The van der Waals surface area contributed by atoms with Gasteiger partial charge in [-0.1, -0.05) is 18.2 Å². The monoisotopic (exact) mass is 492 g/mol. The summed E-state index contributed by atoms with van der Waals surface area (Å²) in [5, 5.41) is 9.22. The van der Waals surface area contributed by atoms with Gasteiger partial charge >= 0.3 is 0 Å². The summed E-state index contributed by atoms with van der Waals surface area (Å²) in [4.78, 5) is 14.0. The van der Waals surface area contributed by atoms with Crippen molar-refractivity contribution >= 4 is 27.3 Å². The second-order valence-electron chi connectivity index (χ2n) is 7.74. The summed E-state index contributed by atoms with van der Waals surface area (Å²) >= 11 is 1.48. The lowest BCUT2D eigenvalue weighted by molar-refractivity contribution is -0.122. The molecule has 1 aromatic carbocycles. The van der Waals surface area contributed by atoms with Crippen LogP contribution in [-0.4, -0.2) is 54.7 Å². The topological polar surface area (TPSA) is 93.5 Å². The van der Waals surface area contributed by atoms with Crippen LogP contribution in [0.5, 0.6) is 0 Å². The lowest BCUT2D eigenvalue weighted by Crippen LogP contribution is -2.41. The fourth-order valence-electron chi connectivity index (χ4n) is 3.90. The van der Waals surface area contributed by atoms with Gasteiger partial charge in [-0.05, 0) is 43.0 Å². The van der Waals surface area contributed by atoms with Gasteiger partial charge in [0.2, 0.25) is 15.9 Å². The van der Waals surface area contributed by atoms with Crippen molar-refractivity contribution < 1.29 is 22.3 Å². The summed E-state index contributed by atoms with van der Waals surface area (Å²) in [5.41, 5.74) is 1.50. The van der Waals surface area contributed by atoms with E-state index < -0.39 is 16.1 Å². The molecule has 1 atom stereocenters. The Kier molecular flexibility index (Phi) is 6.94. The van der Waals surface area contributed by atoms with Gasteiger partial charge in [-0.2, -0.15) is 9.40 Å². The van der Waals surface area contributed by atoms with Gasteiger partial charge in [-0.15, -0.1) is 11.3 Å². The first-order valence-electron chi connectivity index (χ1n) is 10.5. The third kappa shape index (κ3) is 5.01. The summed E-state index contributed by atoms with van der Waals surface area (Å²) < 4.78 is 47.8. The Labute approximate surface area is 196 Å². The van der Waals surface area contributed by atoms with Gasteiger partial charge < -0.3 is 10.1 Å². The van der Waals surface area contributed by atoms with Crippen LogP contribution >= 0.6 is 11.3 Å². The fraction of sp³-hybridized carbons (Fsp3) is 0.364. The molecule has 3 heterocycles. The molecule has 8 nitrogen and oxygen atoms in total. The van der Waals surface area contributed by atoms with Gasteiger partial charge in [0, 0.05) is 18.0 Å². The number of hydrogen-bond acceptors (Lipinski definition) is 6. The predicted octanol–water partition coefficient (Wildman–Crippen LogP) is 2.63. The molecule has 11 heteroatoms. The lowest BCUT2D eigenvalue weighted by atomic mass is 10.1. The van der Waals surface area contributed by atoms with E-state index >= 15 is 0 Å². The minimum Gasteiger partial charge on any atom is -0.379 e. The summed E-state index contributed by atoms with van der Waals surface area (Å²) in [5.74, 6) is -0.690. The molecule has 3 aromatic rings. The summed E-state index contributed by atoms with van der Waals surface area (Å²) in [6.45, 7) is 4.40. The van der Waals surface area contributed by atoms with Gasteiger partial charge in [0.1, 0.15) is 17.3 Å². The molecule has 1 aliphatic heterocycles. The molecule has 1 aliphatic rings. The first kappa shape index (κ1) is 23.6. The number of hydrogen-bond donors (Lipinski definition) is 1. The quantitative estimate of drug-likeness (QED) is 0.547. The molecule has 1 saturated heterocycles. The summed E-state index contributed by atoms with van der Waals surface area (Å²) in [7, 11) is -3.74. The van der Waals surface area contributed by atoms with Crippen molar-refractivity contribution in [3.05, 3.63) is 69.4 Å². The second kappa shape index (κ2) is 9.72. The maximum Gasteiger partial charge on any atom is 0.246 e. The Hall–Kier alpha value is -2.60. The fourth-order valence-corrected chi connectivity index (χ4v) is 6.48. The van der Waals surface area contributed by atoms with Crippen LogP contribution < -0.4 is 5.32 Å². The van der Waals surface area contributed by atoms with Gasteiger partial charge in [0.25, 0.3) is 0 Å². The van der Waals surface area contributed by atoms with Gasteiger partial charge in [0.05, 0.1) is 30.6 Å². The van der Waals surface area contributed by atoms with Gasteiger partial charge in [-0.3, -0.25) is 9.48 Å². The highest BCUT2D eigenvalue weighted by atomic mass is 32.2. The molecule has 0 bridgehead atoms. The zero-order valence-electron chi connectivity index (χ0n) is 18.3. The number of aryl methyl sites for hydroxylation is 1. The third-order valence-corrected chi connectivity index (χ3v) is 8.60. The number of rotatable bonds is 7. The average Bonchev–Trinajstić information content (AvgIpc) is 3.42. The van der Waals surface area contributed by atoms with E-state index in [0.717, 1.165) is 10.4 Å². The first-order valence-corrected chi connectivity index (χ1v) is 12.8. The number of carbonyl (C=O) groups is 1. The number of ether oxygens (including phenoxy) is 1. The lowest BCUT2D eigenvalue weighted by Gasteiger charge is -2.26. The molecule has 4 rings (SSSR count). The van der Waals surface area contributed by atoms with Crippen molar-refractivity contribution in [1.29, 1.82) is 0 Å². The highest BCUT2D eigenvalue weighted by Crippen LogP contribution is 2.27. The van der Waals surface area contributed by atoms with E-state index in [2.05, 4.69) is 10.4 Å². The molecule has 0 spiro atoms. The van der Waals surface area contributed by atoms with Crippen LogP contribution in [0, 0.1) is 19.7 Å². The molecule has 1 fully saturated rings. The normalized spacial score (nSPS) is 16.0. The maximum atomic E-state index is 13.4. The molecule has 0 aliphatic carbocycles. The van der Waals surface area contributed by atoms with E-state index in [9.17, 15) is 17.6 Å². The Bertz CT molecular complexity index is 1220. The van der Waals surface area contributed by atoms with E-state index in [-0.39, 0.29) is 36.3 Å². The first-order chi connectivity index (χ1) is 15.8. The molecule has 1 N–H and O–H groups in total.